The molecule has 0 radical (unpaired) electrons. The average molecular weight is 173 g/mol. The Morgan fingerprint density at radius 1 is 1.42 bits per heavy atom. The quantitative estimate of drug-likeness (QED) is 0.539. The number of carboxylic acids is 2. The third-order valence-corrected chi connectivity index (χ3v) is 2.24. The molecule has 1 aliphatic carbocycles. The van der Waals surface area contributed by atoms with Gasteiger partial charge in [0.1, 0.15) is 6.04 Å². The zero-order valence-corrected chi connectivity index (χ0v) is 6.49. The maximum atomic E-state index is 10.6. The zero-order valence-electron chi connectivity index (χ0n) is 6.49. The molecule has 1 rings (SSSR count). The topological polar surface area (TPSA) is 101 Å². The van der Waals surface area contributed by atoms with Crippen LogP contribution in [-0.4, -0.2) is 28.2 Å². The molecule has 0 aromatic heterocycles. The Morgan fingerprint density at radius 3 is 2.17 bits per heavy atom. The lowest BCUT2D eigenvalue weighted by atomic mass is 9.98. The number of rotatable bonds is 4. The molecular formula is C7H11NO4. The summed E-state index contributed by atoms with van der Waals surface area (Å²) < 4.78 is 0. The molecule has 4 N–H and O–H groups in total. The van der Waals surface area contributed by atoms with Crippen molar-refractivity contribution >= 4 is 11.9 Å². The molecule has 0 amide bonds. The van der Waals surface area contributed by atoms with Gasteiger partial charge in [0, 0.05) is 0 Å². The van der Waals surface area contributed by atoms with Crippen LogP contribution in [0.5, 0.6) is 0 Å². The summed E-state index contributed by atoms with van der Waals surface area (Å²) in [5, 5.41) is 17.1. The predicted molar refractivity (Wildman–Crippen MR) is 39.5 cm³/mol. The van der Waals surface area contributed by atoms with E-state index in [1.54, 1.807) is 0 Å². The third-order valence-electron chi connectivity index (χ3n) is 2.24. The molecule has 1 aliphatic rings. The van der Waals surface area contributed by atoms with Crippen molar-refractivity contribution in [3.63, 3.8) is 0 Å². The van der Waals surface area contributed by atoms with Gasteiger partial charge >= 0.3 is 11.9 Å². The largest absolute Gasteiger partial charge is 0.481 e. The van der Waals surface area contributed by atoms with Gasteiger partial charge in [-0.25, -0.2) is 0 Å². The van der Waals surface area contributed by atoms with E-state index in [-0.39, 0.29) is 6.42 Å². The molecular weight excluding hydrogens is 162 g/mol. The van der Waals surface area contributed by atoms with Gasteiger partial charge in [-0.05, 0) is 19.3 Å². The van der Waals surface area contributed by atoms with Gasteiger partial charge in [0.05, 0.1) is 5.41 Å². The van der Waals surface area contributed by atoms with E-state index in [1.807, 2.05) is 0 Å². The van der Waals surface area contributed by atoms with Crippen molar-refractivity contribution in [3.05, 3.63) is 0 Å². The zero-order chi connectivity index (χ0) is 9.35. The fourth-order valence-electron chi connectivity index (χ4n) is 1.16. The lowest BCUT2D eigenvalue weighted by Gasteiger charge is -2.11. The van der Waals surface area contributed by atoms with Crippen molar-refractivity contribution in [2.75, 3.05) is 0 Å². The number of hydrogen-bond donors (Lipinski definition) is 3. The summed E-state index contributed by atoms with van der Waals surface area (Å²) in [6.07, 6.45) is 1.13. The third kappa shape index (κ3) is 1.55. The number of carboxylic acid groups (broad SMARTS) is 2. The van der Waals surface area contributed by atoms with E-state index in [1.165, 1.54) is 0 Å². The molecule has 5 nitrogen and oxygen atoms in total. The highest BCUT2D eigenvalue weighted by atomic mass is 16.4. The van der Waals surface area contributed by atoms with Crippen molar-refractivity contribution in [1.82, 2.24) is 0 Å². The second kappa shape index (κ2) is 2.75. The summed E-state index contributed by atoms with van der Waals surface area (Å²) in [5.41, 5.74) is 4.38. The summed E-state index contributed by atoms with van der Waals surface area (Å²) in [6.45, 7) is 0. The Hall–Kier alpha value is -1.10. The molecule has 0 spiro atoms. The van der Waals surface area contributed by atoms with E-state index < -0.39 is 23.4 Å². The molecule has 1 saturated carbocycles. The van der Waals surface area contributed by atoms with Gasteiger partial charge in [0.2, 0.25) is 0 Å². The van der Waals surface area contributed by atoms with Gasteiger partial charge in [0.25, 0.3) is 0 Å². The monoisotopic (exact) mass is 173 g/mol. The Morgan fingerprint density at radius 2 is 1.92 bits per heavy atom. The first kappa shape index (κ1) is 8.99. The van der Waals surface area contributed by atoms with Crippen molar-refractivity contribution in [1.29, 1.82) is 0 Å². The van der Waals surface area contributed by atoms with E-state index >= 15 is 0 Å². The summed E-state index contributed by atoms with van der Waals surface area (Å²) in [7, 11) is 0. The molecule has 1 atom stereocenters. The fraction of sp³-hybridized carbons (Fsp3) is 0.714. The van der Waals surface area contributed by atoms with Crippen molar-refractivity contribution < 1.29 is 19.8 Å². The molecule has 0 aromatic rings. The number of carbonyl (C=O) groups is 2. The van der Waals surface area contributed by atoms with Gasteiger partial charge in [-0.1, -0.05) is 0 Å². The maximum absolute atomic E-state index is 10.6. The van der Waals surface area contributed by atoms with Gasteiger partial charge in [-0.3, -0.25) is 9.59 Å². The van der Waals surface area contributed by atoms with E-state index in [9.17, 15) is 9.59 Å². The van der Waals surface area contributed by atoms with Crippen LogP contribution in [0.2, 0.25) is 0 Å². The van der Waals surface area contributed by atoms with E-state index in [2.05, 4.69) is 0 Å². The lowest BCUT2D eigenvalue weighted by Crippen LogP contribution is -2.35. The van der Waals surface area contributed by atoms with Crippen LogP contribution in [0.3, 0.4) is 0 Å². The van der Waals surface area contributed by atoms with Crippen LogP contribution in [0.4, 0.5) is 0 Å². The number of aliphatic carboxylic acids is 2. The van der Waals surface area contributed by atoms with Crippen LogP contribution in [0.1, 0.15) is 19.3 Å². The Labute approximate surface area is 69.2 Å². The van der Waals surface area contributed by atoms with E-state index in [4.69, 9.17) is 15.9 Å². The molecule has 1 fully saturated rings. The second-order valence-electron chi connectivity index (χ2n) is 3.23. The van der Waals surface area contributed by atoms with Crippen LogP contribution >= 0.6 is 0 Å². The molecule has 12 heavy (non-hydrogen) atoms. The van der Waals surface area contributed by atoms with Gasteiger partial charge in [-0.2, -0.15) is 0 Å². The first-order valence-electron chi connectivity index (χ1n) is 3.70. The van der Waals surface area contributed by atoms with Gasteiger partial charge < -0.3 is 15.9 Å². The van der Waals surface area contributed by atoms with Crippen LogP contribution in [-0.2, 0) is 9.59 Å². The first-order chi connectivity index (χ1) is 5.48. The molecule has 0 aliphatic heterocycles. The lowest BCUT2D eigenvalue weighted by molar-refractivity contribution is -0.145. The molecule has 0 saturated heterocycles. The van der Waals surface area contributed by atoms with E-state index in [0.29, 0.717) is 12.8 Å². The molecule has 0 unspecified atom stereocenters. The highest BCUT2D eigenvalue weighted by Crippen LogP contribution is 2.49. The van der Waals surface area contributed by atoms with Crippen LogP contribution < -0.4 is 5.73 Å². The van der Waals surface area contributed by atoms with Crippen molar-refractivity contribution in [2.45, 2.75) is 25.3 Å². The minimum Gasteiger partial charge on any atom is -0.481 e. The summed E-state index contributed by atoms with van der Waals surface area (Å²) in [5.74, 6) is -2.07. The highest BCUT2D eigenvalue weighted by Gasteiger charge is 2.51. The molecule has 0 aromatic carbocycles. The smallest absolute Gasteiger partial charge is 0.320 e. The second-order valence-corrected chi connectivity index (χ2v) is 3.23. The van der Waals surface area contributed by atoms with Crippen molar-refractivity contribution in [3.8, 4) is 0 Å². The summed E-state index contributed by atoms with van der Waals surface area (Å²) in [6, 6.07) is -1.05. The minimum absolute atomic E-state index is 0.0394. The molecule has 5 heteroatoms. The van der Waals surface area contributed by atoms with Crippen LogP contribution in [0.25, 0.3) is 0 Å². The van der Waals surface area contributed by atoms with Gasteiger partial charge in [-0.15, -0.1) is 0 Å². The SMILES string of the molecule is N[C@@H](CC1(C(=O)O)CC1)C(=O)O. The standard InChI is InChI=1S/C7H11NO4/c8-4(5(9)10)3-7(1-2-7)6(11)12/h4H,1-3,8H2,(H,9,10)(H,11,12)/t4-/m0/s1. The minimum atomic E-state index is -1.14. The first-order valence-corrected chi connectivity index (χ1v) is 3.70. The Bertz CT molecular complexity index is 221. The van der Waals surface area contributed by atoms with Gasteiger partial charge in [0.15, 0.2) is 0 Å². The van der Waals surface area contributed by atoms with E-state index in [0.717, 1.165) is 0 Å². The van der Waals surface area contributed by atoms with Crippen molar-refractivity contribution in [2.24, 2.45) is 11.1 Å². The highest BCUT2D eigenvalue weighted by molar-refractivity contribution is 5.80. The number of hydrogen-bond acceptors (Lipinski definition) is 3. The predicted octanol–water partition coefficient (Wildman–Crippen LogP) is -0.347. The maximum Gasteiger partial charge on any atom is 0.320 e. The fourth-order valence-corrected chi connectivity index (χ4v) is 1.16. The van der Waals surface area contributed by atoms with Crippen LogP contribution in [0, 0.1) is 5.41 Å². The van der Waals surface area contributed by atoms with Crippen LogP contribution in [0.15, 0.2) is 0 Å². The Balaban J connectivity index is 2.51. The molecule has 0 bridgehead atoms. The summed E-state index contributed by atoms with van der Waals surface area (Å²) in [4.78, 5) is 20.9. The number of nitrogens with two attached hydrogens (primary N) is 1. The normalized spacial score (nSPS) is 21.4. The molecule has 68 valence electrons. The summed E-state index contributed by atoms with van der Waals surface area (Å²) >= 11 is 0. The Kier molecular flexibility index (Phi) is 2.06. The average Bonchev–Trinajstić information content (AvgIpc) is 2.68. The molecule has 0 heterocycles.